The van der Waals surface area contributed by atoms with Crippen LogP contribution in [0.3, 0.4) is 0 Å². The molecule has 7 heteroatoms. The topological polar surface area (TPSA) is 71.5 Å². The maximum atomic E-state index is 12.3. The van der Waals surface area contributed by atoms with Crippen LogP contribution in [-0.4, -0.2) is 37.1 Å². The third-order valence-corrected chi connectivity index (χ3v) is 4.89. The fourth-order valence-corrected chi connectivity index (χ4v) is 3.53. The zero-order chi connectivity index (χ0) is 16.9. The SMILES string of the molecule is COC(=O)c1sccc1C(=O)Nc1ccc(N2CCCCC2)cn1. The number of nitrogens with zero attached hydrogens (tertiary/aromatic N) is 2. The van der Waals surface area contributed by atoms with E-state index in [0.29, 0.717) is 16.3 Å². The van der Waals surface area contributed by atoms with Gasteiger partial charge in [0.05, 0.1) is 24.6 Å². The Bertz CT molecular complexity index is 721. The fourth-order valence-electron chi connectivity index (χ4n) is 2.72. The van der Waals surface area contributed by atoms with E-state index in [0.717, 1.165) is 18.8 Å². The number of hydrogen-bond acceptors (Lipinski definition) is 6. The molecule has 2 aromatic heterocycles. The number of aromatic nitrogens is 1. The molecule has 1 fully saturated rings. The minimum absolute atomic E-state index is 0.292. The van der Waals surface area contributed by atoms with E-state index in [1.807, 2.05) is 6.07 Å². The summed E-state index contributed by atoms with van der Waals surface area (Å²) in [6, 6.07) is 5.35. The van der Waals surface area contributed by atoms with E-state index >= 15 is 0 Å². The number of carbonyl (C=O) groups is 2. The monoisotopic (exact) mass is 345 g/mol. The number of thiophene rings is 1. The van der Waals surface area contributed by atoms with Gasteiger partial charge in [0.1, 0.15) is 10.7 Å². The Balaban J connectivity index is 1.68. The van der Waals surface area contributed by atoms with Gasteiger partial charge in [0.2, 0.25) is 0 Å². The summed E-state index contributed by atoms with van der Waals surface area (Å²) < 4.78 is 4.69. The highest BCUT2D eigenvalue weighted by Crippen LogP contribution is 2.22. The summed E-state index contributed by atoms with van der Waals surface area (Å²) in [6.07, 6.45) is 5.46. The van der Waals surface area contributed by atoms with Crippen molar-refractivity contribution in [3.8, 4) is 0 Å². The van der Waals surface area contributed by atoms with Crippen LogP contribution in [0.1, 0.15) is 39.3 Å². The summed E-state index contributed by atoms with van der Waals surface area (Å²) in [5, 5.41) is 4.41. The van der Waals surface area contributed by atoms with Crippen molar-refractivity contribution in [2.24, 2.45) is 0 Å². The Morgan fingerprint density at radius 2 is 2.00 bits per heavy atom. The molecule has 126 valence electrons. The summed E-state index contributed by atoms with van der Waals surface area (Å²) >= 11 is 1.18. The van der Waals surface area contributed by atoms with Crippen LogP contribution in [0.2, 0.25) is 0 Å². The van der Waals surface area contributed by atoms with Crippen LogP contribution >= 0.6 is 11.3 Å². The molecule has 0 spiro atoms. The highest BCUT2D eigenvalue weighted by Gasteiger charge is 2.19. The molecule has 1 saturated heterocycles. The predicted molar refractivity (Wildman–Crippen MR) is 93.9 cm³/mol. The normalized spacial score (nSPS) is 14.3. The molecule has 0 aromatic carbocycles. The first kappa shape index (κ1) is 16.4. The summed E-state index contributed by atoms with van der Waals surface area (Å²) in [5.41, 5.74) is 1.37. The van der Waals surface area contributed by atoms with Gasteiger partial charge in [-0.25, -0.2) is 9.78 Å². The Morgan fingerprint density at radius 1 is 1.21 bits per heavy atom. The van der Waals surface area contributed by atoms with Crippen molar-refractivity contribution in [2.45, 2.75) is 19.3 Å². The smallest absolute Gasteiger partial charge is 0.348 e. The van der Waals surface area contributed by atoms with Crippen LogP contribution in [0.4, 0.5) is 11.5 Å². The van der Waals surface area contributed by atoms with Crippen LogP contribution in [-0.2, 0) is 4.74 Å². The molecule has 2 aromatic rings. The lowest BCUT2D eigenvalue weighted by Crippen LogP contribution is -2.29. The van der Waals surface area contributed by atoms with Gasteiger partial charge >= 0.3 is 5.97 Å². The lowest BCUT2D eigenvalue weighted by Gasteiger charge is -2.28. The number of amides is 1. The molecule has 3 rings (SSSR count). The van der Waals surface area contributed by atoms with E-state index < -0.39 is 5.97 Å². The Kier molecular flexibility index (Phi) is 5.10. The molecule has 0 atom stereocenters. The molecule has 0 radical (unpaired) electrons. The first-order valence-corrected chi connectivity index (χ1v) is 8.75. The van der Waals surface area contributed by atoms with Gasteiger partial charge in [-0.3, -0.25) is 4.79 Å². The first-order valence-electron chi connectivity index (χ1n) is 7.87. The maximum absolute atomic E-state index is 12.3. The molecule has 0 aliphatic carbocycles. The van der Waals surface area contributed by atoms with Gasteiger partial charge in [-0.05, 0) is 42.8 Å². The molecular formula is C17H19N3O3S. The Hall–Kier alpha value is -2.41. The summed E-state index contributed by atoms with van der Waals surface area (Å²) in [4.78, 5) is 30.9. The number of methoxy groups -OCH3 is 1. The minimum atomic E-state index is -0.511. The minimum Gasteiger partial charge on any atom is -0.465 e. The molecule has 3 heterocycles. The van der Waals surface area contributed by atoms with E-state index in [1.54, 1.807) is 23.7 Å². The highest BCUT2D eigenvalue weighted by molar-refractivity contribution is 7.12. The highest BCUT2D eigenvalue weighted by atomic mass is 32.1. The van der Waals surface area contributed by atoms with E-state index in [4.69, 9.17) is 0 Å². The van der Waals surface area contributed by atoms with Gasteiger partial charge < -0.3 is 15.0 Å². The standard InChI is InChI=1S/C17H19N3O3S/c1-23-17(22)15-13(7-10-24-15)16(21)19-14-6-5-12(11-18-14)20-8-3-2-4-9-20/h5-7,10-11H,2-4,8-9H2,1H3,(H,18,19,21). The summed E-state index contributed by atoms with van der Waals surface area (Å²) in [7, 11) is 1.30. The van der Waals surface area contributed by atoms with E-state index in [2.05, 4.69) is 19.9 Å². The number of anilines is 2. The number of ether oxygens (including phenoxy) is 1. The molecular weight excluding hydrogens is 326 g/mol. The number of esters is 1. The van der Waals surface area contributed by atoms with Crippen LogP contribution < -0.4 is 10.2 Å². The molecule has 24 heavy (non-hydrogen) atoms. The number of piperidine rings is 1. The third-order valence-electron chi connectivity index (χ3n) is 3.99. The second-order valence-corrected chi connectivity index (χ2v) is 6.47. The first-order chi connectivity index (χ1) is 11.7. The lowest BCUT2D eigenvalue weighted by atomic mass is 10.1. The van der Waals surface area contributed by atoms with Gasteiger partial charge in [0.25, 0.3) is 5.91 Å². The van der Waals surface area contributed by atoms with Gasteiger partial charge in [-0.2, -0.15) is 0 Å². The number of nitrogens with one attached hydrogen (secondary N) is 1. The summed E-state index contributed by atoms with van der Waals surface area (Å²) in [5.74, 6) is -0.416. The van der Waals surface area contributed by atoms with E-state index in [9.17, 15) is 9.59 Å². The Labute approximate surface area is 144 Å². The van der Waals surface area contributed by atoms with Crippen molar-refractivity contribution in [2.75, 3.05) is 30.4 Å². The lowest BCUT2D eigenvalue weighted by molar-refractivity contribution is 0.0603. The van der Waals surface area contributed by atoms with Gasteiger partial charge in [0.15, 0.2) is 0 Å². The van der Waals surface area contributed by atoms with Gasteiger partial charge in [-0.15, -0.1) is 11.3 Å². The fraction of sp³-hybridized carbons (Fsp3) is 0.353. The average molecular weight is 345 g/mol. The molecule has 1 aliphatic heterocycles. The van der Waals surface area contributed by atoms with Crippen molar-refractivity contribution in [1.29, 1.82) is 0 Å². The number of rotatable bonds is 4. The van der Waals surface area contributed by atoms with Crippen molar-refractivity contribution in [3.63, 3.8) is 0 Å². The van der Waals surface area contributed by atoms with Gasteiger partial charge in [-0.1, -0.05) is 0 Å². The van der Waals surface area contributed by atoms with Crippen LogP contribution in [0.25, 0.3) is 0 Å². The molecule has 0 unspecified atom stereocenters. The Morgan fingerprint density at radius 3 is 2.67 bits per heavy atom. The van der Waals surface area contributed by atoms with Crippen molar-refractivity contribution in [1.82, 2.24) is 4.98 Å². The second-order valence-electron chi connectivity index (χ2n) is 5.56. The maximum Gasteiger partial charge on any atom is 0.348 e. The molecule has 6 nitrogen and oxygen atoms in total. The van der Waals surface area contributed by atoms with Crippen molar-refractivity contribution >= 4 is 34.7 Å². The number of carbonyl (C=O) groups excluding carboxylic acids is 2. The zero-order valence-corrected chi connectivity index (χ0v) is 14.3. The van der Waals surface area contributed by atoms with Crippen LogP contribution in [0.5, 0.6) is 0 Å². The number of pyridine rings is 1. The quantitative estimate of drug-likeness (QED) is 0.862. The largest absolute Gasteiger partial charge is 0.465 e. The molecule has 0 bridgehead atoms. The molecule has 1 aliphatic rings. The van der Waals surface area contributed by atoms with E-state index in [-0.39, 0.29) is 5.91 Å². The second kappa shape index (κ2) is 7.44. The molecule has 0 saturated carbocycles. The van der Waals surface area contributed by atoms with Crippen molar-refractivity contribution < 1.29 is 14.3 Å². The van der Waals surface area contributed by atoms with Gasteiger partial charge in [0, 0.05) is 13.1 Å². The van der Waals surface area contributed by atoms with Crippen molar-refractivity contribution in [3.05, 3.63) is 40.2 Å². The average Bonchev–Trinajstić information content (AvgIpc) is 3.12. The van der Waals surface area contributed by atoms with E-state index in [1.165, 1.54) is 37.7 Å². The zero-order valence-electron chi connectivity index (χ0n) is 13.4. The van der Waals surface area contributed by atoms with Crippen LogP contribution in [0, 0.1) is 0 Å². The predicted octanol–water partition coefficient (Wildman–Crippen LogP) is 3.17. The molecule has 1 amide bonds. The number of hydrogen-bond donors (Lipinski definition) is 1. The molecule has 1 N–H and O–H groups in total. The summed E-state index contributed by atoms with van der Waals surface area (Å²) in [6.45, 7) is 2.09. The third kappa shape index (κ3) is 3.56. The van der Waals surface area contributed by atoms with Crippen LogP contribution in [0.15, 0.2) is 29.8 Å².